The largest absolute Gasteiger partial charge is 0.469 e. The number of anilines is 2. The quantitative estimate of drug-likeness (QED) is 0.551. The Morgan fingerprint density at radius 2 is 2.08 bits per heavy atom. The van der Waals surface area contributed by atoms with E-state index in [1.54, 1.807) is 34.5 Å². The number of nitrogens with zero attached hydrogens (tertiary/aromatic N) is 2. The van der Waals surface area contributed by atoms with Crippen LogP contribution in [0.25, 0.3) is 6.08 Å². The standard InChI is InChI=1S/C25H27N3O6S2/c1-34-21(29)11-13-28-20-10-9-19(17-6-2-7-18(23(17)20)25(28)31)26-24(30)16-5-3-12-27(15-16)36(32,33)22-8-4-14-35-22/h2,4,6,8-10,14,16,18H,3,5,7,11-13,15H2,1H3,(H,26,30). The number of carbonyl (C=O) groups is 3. The summed E-state index contributed by atoms with van der Waals surface area (Å²) in [6.07, 6.45) is 5.69. The summed E-state index contributed by atoms with van der Waals surface area (Å²) in [6, 6.07) is 6.85. The van der Waals surface area contributed by atoms with E-state index in [4.69, 9.17) is 4.74 Å². The van der Waals surface area contributed by atoms with Crippen molar-refractivity contribution in [2.75, 3.05) is 37.0 Å². The molecule has 1 saturated heterocycles. The average molecular weight is 530 g/mol. The van der Waals surface area contributed by atoms with Crippen molar-refractivity contribution in [3.05, 3.63) is 46.8 Å². The summed E-state index contributed by atoms with van der Waals surface area (Å²) in [5, 5.41) is 4.72. The molecule has 1 fully saturated rings. The Hall–Kier alpha value is -3.02. The van der Waals surface area contributed by atoms with E-state index in [1.807, 2.05) is 12.2 Å². The number of amides is 2. The third-order valence-corrected chi connectivity index (χ3v) is 10.2. The first-order valence-corrected chi connectivity index (χ1v) is 14.2. The average Bonchev–Trinajstić information content (AvgIpc) is 3.53. The molecule has 2 aliphatic heterocycles. The van der Waals surface area contributed by atoms with Gasteiger partial charge in [0.05, 0.1) is 25.4 Å². The highest BCUT2D eigenvalue weighted by Crippen LogP contribution is 2.47. The van der Waals surface area contributed by atoms with Gasteiger partial charge >= 0.3 is 5.97 Å². The Kier molecular flexibility index (Phi) is 6.71. The van der Waals surface area contributed by atoms with Gasteiger partial charge in [-0.1, -0.05) is 18.2 Å². The van der Waals surface area contributed by atoms with E-state index in [0.29, 0.717) is 31.5 Å². The van der Waals surface area contributed by atoms with Crippen LogP contribution in [0.4, 0.5) is 11.4 Å². The first-order valence-electron chi connectivity index (χ1n) is 11.9. The predicted octanol–water partition coefficient (Wildman–Crippen LogP) is 3.20. The zero-order chi connectivity index (χ0) is 25.4. The number of thiophene rings is 1. The highest BCUT2D eigenvalue weighted by molar-refractivity contribution is 7.91. The van der Waals surface area contributed by atoms with Gasteiger partial charge in [0.2, 0.25) is 11.8 Å². The van der Waals surface area contributed by atoms with Gasteiger partial charge in [0.1, 0.15) is 4.21 Å². The highest BCUT2D eigenvalue weighted by Gasteiger charge is 2.40. The van der Waals surface area contributed by atoms with E-state index in [0.717, 1.165) is 16.8 Å². The van der Waals surface area contributed by atoms with Crippen molar-refractivity contribution in [2.24, 2.45) is 5.92 Å². The van der Waals surface area contributed by atoms with Crippen molar-refractivity contribution in [1.29, 1.82) is 0 Å². The van der Waals surface area contributed by atoms with Crippen LogP contribution in [0.1, 0.15) is 42.7 Å². The second-order valence-electron chi connectivity index (χ2n) is 9.09. The van der Waals surface area contributed by atoms with Crippen LogP contribution in [0.3, 0.4) is 0 Å². The van der Waals surface area contributed by atoms with Gasteiger partial charge in [0.15, 0.2) is 0 Å². The van der Waals surface area contributed by atoms with E-state index < -0.39 is 15.9 Å². The zero-order valence-corrected chi connectivity index (χ0v) is 21.4. The third-order valence-electron chi connectivity index (χ3n) is 6.99. The summed E-state index contributed by atoms with van der Waals surface area (Å²) < 4.78 is 32.3. The smallest absolute Gasteiger partial charge is 0.307 e. The van der Waals surface area contributed by atoms with Gasteiger partial charge < -0.3 is 15.0 Å². The Morgan fingerprint density at radius 1 is 1.25 bits per heavy atom. The molecule has 0 saturated carbocycles. The molecule has 1 aromatic carbocycles. The van der Waals surface area contributed by atoms with Gasteiger partial charge in [-0.15, -0.1) is 11.3 Å². The lowest BCUT2D eigenvalue weighted by molar-refractivity contribution is -0.140. The van der Waals surface area contributed by atoms with Gasteiger partial charge in [-0.25, -0.2) is 8.42 Å². The molecule has 2 unspecified atom stereocenters. The molecule has 5 rings (SSSR count). The highest BCUT2D eigenvalue weighted by atomic mass is 32.2. The molecule has 0 spiro atoms. The fourth-order valence-corrected chi connectivity index (χ4v) is 7.84. The van der Waals surface area contributed by atoms with Crippen LogP contribution in [0.5, 0.6) is 0 Å². The van der Waals surface area contributed by atoms with Crippen LogP contribution in [0.15, 0.2) is 39.9 Å². The normalized spacial score (nSPS) is 21.4. The van der Waals surface area contributed by atoms with Crippen LogP contribution in [0, 0.1) is 5.92 Å². The maximum Gasteiger partial charge on any atom is 0.307 e. The summed E-state index contributed by atoms with van der Waals surface area (Å²) >= 11 is 1.17. The van der Waals surface area contributed by atoms with Crippen molar-refractivity contribution >= 4 is 56.6 Å². The SMILES string of the molecule is COC(=O)CCN1C(=O)C2CC=Cc3c(NC(=O)C4CCCN(S(=O)(=O)c5cccs5)C4)ccc1c32. The molecule has 36 heavy (non-hydrogen) atoms. The number of piperidine rings is 1. The summed E-state index contributed by atoms with van der Waals surface area (Å²) in [5.41, 5.74) is 2.98. The molecule has 1 aromatic heterocycles. The number of rotatable bonds is 7. The summed E-state index contributed by atoms with van der Waals surface area (Å²) in [4.78, 5) is 39.6. The lowest BCUT2D eigenvalue weighted by atomic mass is 9.87. The van der Waals surface area contributed by atoms with Crippen LogP contribution < -0.4 is 10.2 Å². The number of methoxy groups -OCH3 is 1. The molecule has 3 aliphatic rings. The monoisotopic (exact) mass is 529 g/mol. The van der Waals surface area contributed by atoms with E-state index in [1.165, 1.54) is 22.8 Å². The Bertz CT molecular complexity index is 1340. The zero-order valence-electron chi connectivity index (χ0n) is 19.8. The lowest BCUT2D eigenvalue weighted by Crippen LogP contribution is -2.43. The van der Waals surface area contributed by atoms with Gasteiger partial charge in [0.25, 0.3) is 10.0 Å². The van der Waals surface area contributed by atoms with Crippen molar-refractivity contribution in [3.63, 3.8) is 0 Å². The summed E-state index contributed by atoms with van der Waals surface area (Å²) in [7, 11) is -2.30. The first-order chi connectivity index (χ1) is 17.3. The minimum absolute atomic E-state index is 0.0651. The van der Waals surface area contributed by atoms with Crippen LogP contribution in [0.2, 0.25) is 0 Å². The number of carbonyl (C=O) groups excluding carboxylic acids is 3. The molecule has 9 nitrogen and oxygen atoms in total. The van der Waals surface area contributed by atoms with Crippen molar-refractivity contribution in [2.45, 2.75) is 35.8 Å². The number of benzene rings is 1. The molecule has 2 aromatic rings. The van der Waals surface area contributed by atoms with Crippen LogP contribution in [-0.4, -0.2) is 57.3 Å². The Labute approximate surface area is 213 Å². The molecule has 0 radical (unpaired) electrons. The predicted molar refractivity (Wildman–Crippen MR) is 136 cm³/mol. The molecule has 11 heteroatoms. The van der Waals surface area contributed by atoms with Crippen LogP contribution in [-0.2, 0) is 29.1 Å². The second kappa shape index (κ2) is 9.79. The third kappa shape index (κ3) is 4.35. The second-order valence-corrected chi connectivity index (χ2v) is 12.2. The molecule has 1 N–H and O–H groups in total. The number of ether oxygens (including phenoxy) is 1. The number of hydrogen-bond acceptors (Lipinski definition) is 7. The molecule has 0 bridgehead atoms. The molecule has 3 heterocycles. The topological polar surface area (TPSA) is 113 Å². The molecular formula is C25H27N3O6S2. The minimum Gasteiger partial charge on any atom is -0.469 e. The van der Waals surface area contributed by atoms with Crippen molar-refractivity contribution < 1.29 is 27.5 Å². The maximum atomic E-state index is 13.3. The number of nitrogens with one attached hydrogen (secondary N) is 1. The van der Waals surface area contributed by atoms with Gasteiger partial charge in [-0.2, -0.15) is 4.31 Å². The molecular weight excluding hydrogens is 502 g/mol. The Morgan fingerprint density at radius 3 is 2.83 bits per heavy atom. The number of sulfonamides is 1. The fraction of sp³-hybridized carbons (Fsp3) is 0.400. The van der Waals surface area contributed by atoms with Crippen LogP contribution >= 0.6 is 11.3 Å². The summed E-state index contributed by atoms with van der Waals surface area (Å²) in [6.45, 7) is 0.753. The lowest BCUT2D eigenvalue weighted by Gasteiger charge is -2.31. The van der Waals surface area contributed by atoms with Crippen molar-refractivity contribution in [3.8, 4) is 0 Å². The fourth-order valence-electron chi connectivity index (χ4n) is 5.17. The van der Waals surface area contributed by atoms with Gasteiger partial charge in [-0.3, -0.25) is 14.4 Å². The van der Waals surface area contributed by atoms with E-state index >= 15 is 0 Å². The maximum absolute atomic E-state index is 13.3. The van der Waals surface area contributed by atoms with E-state index in [9.17, 15) is 22.8 Å². The summed E-state index contributed by atoms with van der Waals surface area (Å²) in [5.74, 6) is -1.51. The molecule has 2 atom stereocenters. The minimum atomic E-state index is -3.62. The molecule has 190 valence electrons. The number of allylic oxidation sites excluding steroid dienone is 1. The van der Waals surface area contributed by atoms with E-state index in [-0.39, 0.29) is 47.4 Å². The molecule has 1 aliphatic carbocycles. The van der Waals surface area contributed by atoms with Gasteiger partial charge in [-0.05, 0) is 48.4 Å². The molecule has 2 amide bonds. The number of hydrogen-bond donors (Lipinski definition) is 1. The first kappa shape index (κ1) is 24.7. The number of esters is 1. The Balaban J connectivity index is 1.35. The van der Waals surface area contributed by atoms with E-state index in [2.05, 4.69) is 5.32 Å². The van der Waals surface area contributed by atoms with Crippen molar-refractivity contribution in [1.82, 2.24) is 4.31 Å². The van der Waals surface area contributed by atoms with Gasteiger partial charge in [0, 0.05) is 36.6 Å².